The van der Waals surface area contributed by atoms with E-state index >= 15 is 0 Å². The quantitative estimate of drug-likeness (QED) is 0.117. The predicted octanol–water partition coefficient (Wildman–Crippen LogP) is 4.24. The Morgan fingerprint density at radius 2 is 1.62 bits per heavy atom. The lowest BCUT2D eigenvalue weighted by Crippen LogP contribution is -2.44. The summed E-state index contributed by atoms with van der Waals surface area (Å²) in [7, 11) is -5.72. The van der Waals surface area contributed by atoms with Crippen molar-refractivity contribution in [2.45, 2.75) is 23.5 Å². The second-order valence-electron chi connectivity index (χ2n) is 8.95. The third-order valence-electron chi connectivity index (χ3n) is 6.92. The molecule has 0 amide bonds. The van der Waals surface area contributed by atoms with Crippen LogP contribution in [-0.2, 0) is 29.2 Å². The minimum atomic E-state index is -5.72. The van der Waals surface area contributed by atoms with E-state index in [1.807, 2.05) is 73.8 Å². The van der Waals surface area contributed by atoms with Gasteiger partial charge in [0.25, 0.3) is 0 Å². The van der Waals surface area contributed by atoms with Gasteiger partial charge in [0.15, 0.2) is 16.5 Å². The first-order valence-electron chi connectivity index (χ1n) is 10.7. The van der Waals surface area contributed by atoms with E-state index in [1.54, 1.807) is 6.07 Å². The molecule has 1 aliphatic heterocycles. The van der Waals surface area contributed by atoms with Gasteiger partial charge in [0.2, 0.25) is 17.4 Å². The van der Waals surface area contributed by atoms with Gasteiger partial charge in [-0.25, -0.2) is 13.6 Å². The standard InChI is InChI=1S/C22H11F4I3O9S/c23-11-13(25)19(39(33,34)35)14(26)12(24)18(11)38-22(32)10-5-3-6-9(10)21(31)37-17(6)16(5)36-20(30)7-1-4(27)2-8(28)15(7)29/h1-2,5-6,9-10,16-17H,3H2,(H,33,34,35). The van der Waals surface area contributed by atoms with E-state index in [4.69, 9.17) is 14.0 Å². The summed E-state index contributed by atoms with van der Waals surface area (Å²) in [5.74, 6) is -18.9. The van der Waals surface area contributed by atoms with Crippen LogP contribution in [-0.4, -0.2) is 43.1 Å². The molecule has 1 saturated heterocycles. The van der Waals surface area contributed by atoms with Crippen LogP contribution < -0.4 is 4.74 Å². The van der Waals surface area contributed by atoms with E-state index in [0.29, 0.717) is 3.57 Å². The van der Waals surface area contributed by atoms with Gasteiger partial charge in [0, 0.05) is 22.5 Å². The molecule has 208 valence electrons. The van der Waals surface area contributed by atoms with Crippen LogP contribution in [0, 0.1) is 57.7 Å². The molecule has 1 heterocycles. The van der Waals surface area contributed by atoms with Crippen LogP contribution in [0.3, 0.4) is 0 Å². The SMILES string of the molecule is O=C(OC1C2CC3C1OC(=O)C3C2C(=O)Oc1c(F)c(F)c(S(=O)(=O)O)c(F)c1F)c1cc(I)cc(I)c1I. The van der Waals surface area contributed by atoms with Crippen molar-refractivity contribution in [2.75, 3.05) is 0 Å². The second kappa shape index (κ2) is 10.2. The van der Waals surface area contributed by atoms with E-state index in [-0.39, 0.29) is 12.0 Å². The number of hydrogen-bond donors (Lipinski definition) is 1. The minimum absolute atomic E-state index is 0.148. The fraction of sp³-hybridized carbons (Fsp3) is 0.318. The number of rotatable bonds is 5. The van der Waals surface area contributed by atoms with Gasteiger partial charge in [0.05, 0.1) is 17.4 Å². The molecular formula is C22H11F4I3O9S. The van der Waals surface area contributed by atoms with Crippen molar-refractivity contribution < 1.29 is 59.1 Å². The zero-order chi connectivity index (χ0) is 28.7. The van der Waals surface area contributed by atoms with Crippen molar-refractivity contribution in [3.63, 3.8) is 0 Å². The number of benzene rings is 2. The predicted molar refractivity (Wildman–Crippen MR) is 144 cm³/mol. The molecule has 3 aliphatic rings. The smallest absolute Gasteiger partial charge is 0.339 e. The molecule has 2 bridgehead atoms. The molecule has 0 spiro atoms. The number of fused-ring (bicyclic) bond motifs is 1. The zero-order valence-corrected chi connectivity index (χ0v) is 25.9. The Morgan fingerprint density at radius 1 is 1.00 bits per heavy atom. The molecule has 0 radical (unpaired) electrons. The van der Waals surface area contributed by atoms with Gasteiger partial charge in [-0.1, -0.05) is 0 Å². The summed E-state index contributed by atoms with van der Waals surface area (Å²) in [6, 6.07) is 3.42. The maximum absolute atomic E-state index is 14.5. The third kappa shape index (κ3) is 4.72. The van der Waals surface area contributed by atoms with Crippen molar-refractivity contribution in [1.29, 1.82) is 0 Å². The Bertz CT molecular complexity index is 1560. The monoisotopic (exact) mass is 908 g/mol. The van der Waals surface area contributed by atoms with Crippen LogP contribution in [0.5, 0.6) is 5.75 Å². The highest BCUT2D eigenvalue weighted by molar-refractivity contribution is 14.1. The number of carbonyl (C=O) groups excluding carboxylic acids is 3. The van der Waals surface area contributed by atoms with Crippen LogP contribution in [0.25, 0.3) is 0 Å². The van der Waals surface area contributed by atoms with Crippen LogP contribution in [0.2, 0.25) is 0 Å². The number of ether oxygens (including phenoxy) is 3. The van der Waals surface area contributed by atoms with Crippen molar-refractivity contribution in [3.8, 4) is 5.75 Å². The molecule has 0 aromatic heterocycles. The lowest BCUT2D eigenvalue weighted by atomic mass is 9.78. The molecular weight excluding hydrogens is 897 g/mol. The fourth-order valence-corrected chi connectivity index (χ4v) is 8.44. The summed E-state index contributed by atoms with van der Waals surface area (Å²) in [6.07, 6.45) is -1.86. The second-order valence-corrected chi connectivity index (χ2v) is 13.8. The van der Waals surface area contributed by atoms with Gasteiger partial charge in [0.1, 0.15) is 12.2 Å². The molecule has 2 aromatic carbocycles. The maximum atomic E-state index is 14.5. The molecule has 17 heteroatoms. The summed E-state index contributed by atoms with van der Waals surface area (Å²) in [5.41, 5.74) is 0.226. The van der Waals surface area contributed by atoms with Crippen molar-refractivity contribution in [3.05, 3.63) is 51.7 Å². The summed E-state index contributed by atoms with van der Waals surface area (Å²) in [4.78, 5) is 36.4. The first kappa shape index (κ1) is 29.2. The Balaban J connectivity index is 1.45. The average molecular weight is 908 g/mol. The molecule has 3 fully saturated rings. The van der Waals surface area contributed by atoms with Gasteiger partial charge >= 0.3 is 28.0 Å². The van der Waals surface area contributed by atoms with Crippen molar-refractivity contribution >= 4 is 95.8 Å². The molecule has 1 N–H and O–H groups in total. The largest absolute Gasteiger partial charge is 0.458 e. The van der Waals surface area contributed by atoms with Crippen LogP contribution in [0.1, 0.15) is 16.8 Å². The van der Waals surface area contributed by atoms with Crippen LogP contribution in [0.15, 0.2) is 17.0 Å². The fourth-order valence-electron chi connectivity index (χ4n) is 5.44. The Hall–Kier alpha value is -1.33. The Kier molecular flexibility index (Phi) is 7.62. The van der Waals surface area contributed by atoms with Gasteiger partial charge in [-0.05, 0) is 86.3 Å². The Labute approximate surface area is 257 Å². The highest BCUT2D eigenvalue weighted by Gasteiger charge is 2.70. The molecule has 9 nitrogen and oxygen atoms in total. The number of hydrogen-bond acceptors (Lipinski definition) is 8. The van der Waals surface area contributed by atoms with Gasteiger partial charge in [-0.3, -0.25) is 14.1 Å². The molecule has 5 rings (SSSR count). The molecule has 2 aromatic rings. The number of halogens is 7. The zero-order valence-electron chi connectivity index (χ0n) is 18.6. The lowest BCUT2D eigenvalue weighted by Gasteiger charge is -2.30. The van der Waals surface area contributed by atoms with E-state index in [0.717, 1.165) is 7.14 Å². The minimum Gasteiger partial charge on any atom is -0.458 e. The lowest BCUT2D eigenvalue weighted by molar-refractivity contribution is -0.150. The third-order valence-corrected chi connectivity index (χ3v) is 11.5. The van der Waals surface area contributed by atoms with E-state index < -0.39 is 97.8 Å². The summed E-state index contributed by atoms with van der Waals surface area (Å²) in [5, 5.41) is 0. The molecule has 2 saturated carbocycles. The van der Waals surface area contributed by atoms with Crippen LogP contribution >= 0.6 is 67.8 Å². The summed E-state index contributed by atoms with van der Waals surface area (Å²) >= 11 is 6.02. The highest BCUT2D eigenvalue weighted by atomic mass is 127. The van der Waals surface area contributed by atoms with Gasteiger partial charge in [-0.2, -0.15) is 17.2 Å². The average Bonchev–Trinajstić information content (AvgIpc) is 3.45. The molecule has 39 heavy (non-hydrogen) atoms. The molecule has 6 atom stereocenters. The topological polar surface area (TPSA) is 133 Å². The maximum Gasteiger partial charge on any atom is 0.339 e. The van der Waals surface area contributed by atoms with Gasteiger partial charge < -0.3 is 14.2 Å². The van der Waals surface area contributed by atoms with E-state index in [1.165, 1.54) is 0 Å². The Morgan fingerprint density at radius 3 is 2.21 bits per heavy atom. The number of esters is 3. The summed E-state index contributed by atoms with van der Waals surface area (Å²) < 4.78 is 106. The van der Waals surface area contributed by atoms with E-state index in [2.05, 4.69) is 4.74 Å². The van der Waals surface area contributed by atoms with Crippen molar-refractivity contribution in [1.82, 2.24) is 0 Å². The van der Waals surface area contributed by atoms with Crippen LogP contribution in [0.4, 0.5) is 17.6 Å². The van der Waals surface area contributed by atoms with E-state index in [9.17, 15) is 40.4 Å². The highest BCUT2D eigenvalue weighted by Crippen LogP contribution is 2.59. The summed E-state index contributed by atoms with van der Waals surface area (Å²) in [6.45, 7) is 0. The molecule has 2 aliphatic carbocycles. The van der Waals surface area contributed by atoms with Crippen molar-refractivity contribution in [2.24, 2.45) is 23.7 Å². The normalized spacial score (nSPS) is 27.0. The number of carbonyl (C=O) groups is 3. The first-order valence-corrected chi connectivity index (χ1v) is 15.4. The molecule has 6 unspecified atom stereocenters. The first-order chi connectivity index (χ1) is 18.1. The van der Waals surface area contributed by atoms with Gasteiger partial charge in [-0.15, -0.1) is 0 Å².